The molecule has 8 heteroatoms. The number of nitrogens with one attached hydrogen (secondary N) is 2. The van der Waals surface area contributed by atoms with Crippen molar-refractivity contribution in [1.29, 1.82) is 0 Å². The van der Waals surface area contributed by atoms with Crippen molar-refractivity contribution in [3.05, 3.63) is 71.5 Å². The number of hydrogen-bond donors (Lipinski definition) is 3. The fraction of sp³-hybridized carbons (Fsp3) is 0.250. The Morgan fingerprint density at radius 3 is 2.32 bits per heavy atom. The van der Waals surface area contributed by atoms with Crippen LogP contribution in [-0.4, -0.2) is 37.1 Å². The van der Waals surface area contributed by atoms with E-state index < -0.39 is 30.6 Å². The van der Waals surface area contributed by atoms with Crippen molar-refractivity contribution in [2.45, 2.75) is 18.9 Å². The summed E-state index contributed by atoms with van der Waals surface area (Å²) in [7, 11) is 0. The number of nitrogens with two attached hydrogens (primary N) is 1. The smallest absolute Gasteiger partial charge is 0.329 e. The van der Waals surface area contributed by atoms with E-state index in [1.54, 1.807) is 36.4 Å². The van der Waals surface area contributed by atoms with E-state index in [-0.39, 0.29) is 12.2 Å². The van der Waals surface area contributed by atoms with Gasteiger partial charge in [-0.3, -0.25) is 4.79 Å². The first kappa shape index (κ1) is 20.9. The molecule has 1 atom stereocenters. The maximum Gasteiger partial charge on any atom is 0.329 e. The van der Waals surface area contributed by atoms with Crippen LogP contribution < -0.4 is 16.4 Å². The van der Waals surface area contributed by atoms with Crippen LogP contribution in [-0.2, 0) is 27.2 Å². The molecular weight excluding hydrogens is 365 g/mol. The minimum Gasteiger partial charge on any atom is -0.454 e. The van der Waals surface area contributed by atoms with Crippen LogP contribution in [0.3, 0.4) is 0 Å². The highest BCUT2D eigenvalue weighted by Gasteiger charge is 2.22. The Balaban J connectivity index is 1.77. The Morgan fingerprint density at radius 2 is 1.68 bits per heavy atom. The van der Waals surface area contributed by atoms with Crippen molar-refractivity contribution in [3.63, 3.8) is 0 Å². The third-order valence-corrected chi connectivity index (χ3v) is 3.88. The average molecular weight is 387 g/mol. The molecule has 0 heterocycles. The normalized spacial score (nSPS) is 11.3. The van der Waals surface area contributed by atoms with E-state index in [0.717, 1.165) is 11.1 Å². The number of primary amides is 1. The van der Waals surface area contributed by atoms with Crippen molar-refractivity contribution < 1.29 is 23.5 Å². The van der Waals surface area contributed by atoms with E-state index >= 15 is 0 Å². The number of urea groups is 1. The maximum atomic E-state index is 12.8. The summed E-state index contributed by atoms with van der Waals surface area (Å²) in [5.41, 5.74) is 6.79. The summed E-state index contributed by atoms with van der Waals surface area (Å²) in [5, 5.41) is 4.93. The quantitative estimate of drug-likeness (QED) is 0.563. The topological polar surface area (TPSA) is 111 Å². The predicted octanol–water partition coefficient (Wildman–Crippen LogP) is 1.31. The van der Waals surface area contributed by atoms with Gasteiger partial charge in [-0.1, -0.05) is 42.5 Å². The zero-order valence-corrected chi connectivity index (χ0v) is 15.2. The SMILES string of the molecule is NC(=O)N[C@@H](Cc1ccccc1)C(=O)OCC(=O)NCCc1ccc(F)cc1. The third-order valence-electron chi connectivity index (χ3n) is 3.88. The molecule has 0 saturated heterocycles. The van der Waals surface area contributed by atoms with Crippen molar-refractivity contribution >= 4 is 17.9 Å². The van der Waals surface area contributed by atoms with Crippen LogP contribution in [0, 0.1) is 5.82 Å². The third kappa shape index (κ3) is 7.45. The molecule has 2 aromatic carbocycles. The number of rotatable bonds is 9. The lowest BCUT2D eigenvalue weighted by atomic mass is 10.1. The maximum absolute atomic E-state index is 12.8. The standard InChI is InChI=1S/C20H22FN3O4/c21-16-8-6-14(7-9-16)10-11-23-18(25)13-28-19(26)17(24-20(22)27)12-15-4-2-1-3-5-15/h1-9,17H,10-13H2,(H,23,25)(H3,22,24,27)/t17-/m0/s1. The van der Waals surface area contributed by atoms with Gasteiger partial charge in [0.2, 0.25) is 0 Å². The lowest BCUT2D eigenvalue weighted by molar-refractivity contribution is -0.150. The molecule has 0 aliphatic carbocycles. The van der Waals surface area contributed by atoms with Crippen molar-refractivity contribution in [2.24, 2.45) is 5.73 Å². The number of benzene rings is 2. The van der Waals surface area contributed by atoms with Crippen LogP contribution >= 0.6 is 0 Å². The van der Waals surface area contributed by atoms with Gasteiger partial charge in [-0.2, -0.15) is 0 Å². The van der Waals surface area contributed by atoms with Gasteiger partial charge in [0.15, 0.2) is 6.61 Å². The molecule has 3 amide bonds. The van der Waals surface area contributed by atoms with E-state index in [9.17, 15) is 18.8 Å². The molecule has 4 N–H and O–H groups in total. The Morgan fingerprint density at radius 1 is 1.00 bits per heavy atom. The van der Waals surface area contributed by atoms with E-state index in [4.69, 9.17) is 10.5 Å². The zero-order valence-electron chi connectivity index (χ0n) is 15.2. The van der Waals surface area contributed by atoms with Gasteiger partial charge in [0.05, 0.1) is 0 Å². The summed E-state index contributed by atoms with van der Waals surface area (Å²) < 4.78 is 17.8. The van der Waals surface area contributed by atoms with Crippen LogP contribution in [0.15, 0.2) is 54.6 Å². The summed E-state index contributed by atoms with van der Waals surface area (Å²) in [4.78, 5) is 35.2. The van der Waals surface area contributed by atoms with Gasteiger partial charge in [0, 0.05) is 13.0 Å². The molecule has 0 saturated carbocycles. The fourth-order valence-electron chi connectivity index (χ4n) is 2.50. The largest absolute Gasteiger partial charge is 0.454 e. The molecule has 0 radical (unpaired) electrons. The van der Waals surface area contributed by atoms with Crippen LogP contribution in [0.2, 0.25) is 0 Å². The van der Waals surface area contributed by atoms with Gasteiger partial charge in [-0.15, -0.1) is 0 Å². The molecule has 0 fully saturated rings. The molecular formula is C20H22FN3O4. The number of esters is 1. The molecule has 2 aromatic rings. The molecule has 2 rings (SSSR count). The van der Waals surface area contributed by atoms with Gasteiger partial charge < -0.3 is 21.1 Å². The molecule has 148 valence electrons. The number of carbonyl (C=O) groups excluding carboxylic acids is 3. The van der Waals surface area contributed by atoms with E-state index in [0.29, 0.717) is 13.0 Å². The minimum atomic E-state index is -0.994. The van der Waals surface area contributed by atoms with Gasteiger partial charge in [0.1, 0.15) is 11.9 Å². The molecule has 0 aromatic heterocycles. The first-order valence-electron chi connectivity index (χ1n) is 8.71. The molecule has 0 unspecified atom stereocenters. The minimum absolute atomic E-state index is 0.189. The molecule has 7 nitrogen and oxygen atoms in total. The van der Waals surface area contributed by atoms with Crippen molar-refractivity contribution in [1.82, 2.24) is 10.6 Å². The lowest BCUT2D eigenvalue weighted by Crippen LogP contribution is -2.46. The lowest BCUT2D eigenvalue weighted by Gasteiger charge is -2.16. The highest BCUT2D eigenvalue weighted by Crippen LogP contribution is 2.05. The van der Waals surface area contributed by atoms with Crippen LogP contribution in [0.25, 0.3) is 0 Å². The Labute approximate surface area is 162 Å². The number of hydrogen-bond acceptors (Lipinski definition) is 4. The highest BCUT2D eigenvalue weighted by atomic mass is 19.1. The molecule has 0 spiro atoms. The molecule has 0 aliphatic rings. The summed E-state index contributed by atoms with van der Waals surface area (Å²) in [6.45, 7) is -0.164. The Hall–Kier alpha value is -3.42. The average Bonchev–Trinajstić information content (AvgIpc) is 2.67. The first-order chi connectivity index (χ1) is 13.4. The number of amides is 3. The Bertz CT molecular complexity index is 797. The monoisotopic (exact) mass is 387 g/mol. The second-order valence-electron chi connectivity index (χ2n) is 6.09. The van der Waals surface area contributed by atoms with Crippen LogP contribution in [0.1, 0.15) is 11.1 Å². The predicted molar refractivity (Wildman–Crippen MR) is 101 cm³/mol. The Kier molecular flexibility index (Phi) is 7.95. The van der Waals surface area contributed by atoms with Gasteiger partial charge in [0.25, 0.3) is 5.91 Å². The fourth-order valence-corrected chi connectivity index (χ4v) is 2.50. The second-order valence-corrected chi connectivity index (χ2v) is 6.09. The van der Waals surface area contributed by atoms with E-state index in [1.807, 2.05) is 6.07 Å². The number of halogens is 1. The molecule has 0 aliphatic heterocycles. The zero-order chi connectivity index (χ0) is 20.4. The van der Waals surface area contributed by atoms with Crippen LogP contribution in [0.4, 0.5) is 9.18 Å². The van der Waals surface area contributed by atoms with Crippen molar-refractivity contribution in [2.75, 3.05) is 13.2 Å². The van der Waals surface area contributed by atoms with Gasteiger partial charge >= 0.3 is 12.0 Å². The van der Waals surface area contributed by atoms with Gasteiger partial charge in [-0.25, -0.2) is 14.0 Å². The highest BCUT2D eigenvalue weighted by molar-refractivity contribution is 5.85. The number of ether oxygens (including phenoxy) is 1. The van der Waals surface area contributed by atoms with Gasteiger partial charge in [-0.05, 0) is 29.7 Å². The summed E-state index contributed by atoms with van der Waals surface area (Å²) in [6.07, 6.45) is 0.703. The van der Waals surface area contributed by atoms with E-state index in [1.165, 1.54) is 12.1 Å². The summed E-state index contributed by atoms with van der Waals surface area (Å²) in [5.74, 6) is -1.56. The summed E-state index contributed by atoms with van der Waals surface area (Å²) in [6, 6.07) is 13.1. The summed E-state index contributed by atoms with van der Waals surface area (Å²) >= 11 is 0. The molecule has 0 bridgehead atoms. The second kappa shape index (κ2) is 10.7. The van der Waals surface area contributed by atoms with Crippen LogP contribution in [0.5, 0.6) is 0 Å². The van der Waals surface area contributed by atoms with Crippen molar-refractivity contribution in [3.8, 4) is 0 Å². The number of carbonyl (C=O) groups is 3. The van der Waals surface area contributed by atoms with E-state index in [2.05, 4.69) is 10.6 Å². The molecule has 28 heavy (non-hydrogen) atoms. The first-order valence-corrected chi connectivity index (χ1v) is 8.71.